The Morgan fingerprint density at radius 3 is 2.79 bits per heavy atom. The Kier molecular flexibility index (Phi) is 3.75. The SMILES string of the molecule is CC(C)n1c(-c2nccn2[C@H]2C[C@H]3C(=O)NCC(=O)N3C2)nc2ccccc21. The summed E-state index contributed by atoms with van der Waals surface area (Å²) in [6, 6.07) is 7.88. The van der Waals surface area contributed by atoms with Gasteiger partial charge in [-0.25, -0.2) is 9.97 Å². The maximum absolute atomic E-state index is 12.2. The van der Waals surface area contributed by atoms with Crippen LogP contribution in [0.15, 0.2) is 36.7 Å². The summed E-state index contributed by atoms with van der Waals surface area (Å²) in [7, 11) is 0. The third kappa shape index (κ3) is 2.44. The predicted molar refractivity (Wildman–Crippen MR) is 104 cm³/mol. The van der Waals surface area contributed by atoms with Crippen molar-refractivity contribution in [2.45, 2.75) is 38.4 Å². The van der Waals surface area contributed by atoms with E-state index in [1.54, 1.807) is 11.1 Å². The van der Waals surface area contributed by atoms with Crippen LogP contribution >= 0.6 is 0 Å². The van der Waals surface area contributed by atoms with E-state index < -0.39 is 6.04 Å². The van der Waals surface area contributed by atoms with Crippen LogP contribution in [0, 0.1) is 0 Å². The molecule has 2 atom stereocenters. The molecule has 0 spiro atoms. The van der Waals surface area contributed by atoms with Crippen molar-refractivity contribution in [2.75, 3.05) is 13.1 Å². The highest BCUT2D eigenvalue weighted by Crippen LogP contribution is 2.34. The number of rotatable bonds is 3. The summed E-state index contributed by atoms with van der Waals surface area (Å²) in [5.74, 6) is 1.48. The molecule has 2 aromatic heterocycles. The number of carbonyl (C=O) groups excluding carboxylic acids is 2. The lowest BCUT2D eigenvalue weighted by atomic mass is 10.1. The molecule has 3 aromatic rings. The predicted octanol–water partition coefficient (Wildman–Crippen LogP) is 1.75. The maximum Gasteiger partial charge on any atom is 0.243 e. The van der Waals surface area contributed by atoms with Gasteiger partial charge in [0.25, 0.3) is 0 Å². The number of fused-ring (bicyclic) bond motifs is 2. The van der Waals surface area contributed by atoms with E-state index >= 15 is 0 Å². The number of imidazole rings is 2. The van der Waals surface area contributed by atoms with Crippen LogP contribution < -0.4 is 5.32 Å². The summed E-state index contributed by atoms with van der Waals surface area (Å²) in [6.07, 6.45) is 4.27. The minimum absolute atomic E-state index is 0.00396. The molecule has 0 bridgehead atoms. The molecule has 2 fully saturated rings. The van der Waals surface area contributed by atoms with Gasteiger partial charge in [0, 0.05) is 25.0 Å². The van der Waals surface area contributed by atoms with E-state index in [9.17, 15) is 9.59 Å². The molecule has 0 unspecified atom stereocenters. The van der Waals surface area contributed by atoms with Crippen LogP contribution in [-0.2, 0) is 9.59 Å². The topological polar surface area (TPSA) is 85.0 Å². The number of nitrogens with zero attached hydrogens (tertiary/aromatic N) is 5. The number of carbonyl (C=O) groups is 2. The minimum Gasteiger partial charge on any atom is -0.345 e. The van der Waals surface area contributed by atoms with E-state index in [1.807, 2.05) is 24.4 Å². The summed E-state index contributed by atoms with van der Waals surface area (Å²) in [6.45, 7) is 4.86. The van der Waals surface area contributed by atoms with Crippen LogP contribution in [-0.4, -0.2) is 54.9 Å². The van der Waals surface area contributed by atoms with Crippen LogP contribution in [0.3, 0.4) is 0 Å². The second kappa shape index (κ2) is 6.19. The number of para-hydroxylation sites is 2. The number of benzene rings is 1. The van der Waals surface area contributed by atoms with E-state index in [2.05, 4.69) is 39.3 Å². The average Bonchev–Trinajstić information content (AvgIpc) is 3.40. The molecule has 2 aliphatic rings. The minimum atomic E-state index is -0.398. The van der Waals surface area contributed by atoms with E-state index in [1.165, 1.54) is 0 Å². The molecule has 28 heavy (non-hydrogen) atoms. The molecule has 2 amide bonds. The first-order valence-corrected chi connectivity index (χ1v) is 9.62. The summed E-state index contributed by atoms with van der Waals surface area (Å²) in [5.41, 5.74) is 2.00. The second-order valence-corrected chi connectivity index (χ2v) is 7.72. The smallest absolute Gasteiger partial charge is 0.243 e. The first-order valence-electron chi connectivity index (χ1n) is 9.62. The summed E-state index contributed by atoms with van der Waals surface area (Å²) in [4.78, 5) is 35.6. The second-order valence-electron chi connectivity index (χ2n) is 7.72. The fraction of sp³-hybridized carbons (Fsp3) is 0.400. The van der Waals surface area contributed by atoms with Gasteiger partial charge in [0.15, 0.2) is 11.6 Å². The van der Waals surface area contributed by atoms with Gasteiger partial charge in [-0.1, -0.05) is 12.1 Å². The van der Waals surface area contributed by atoms with Gasteiger partial charge in [0.2, 0.25) is 11.8 Å². The molecule has 1 N–H and O–H groups in total. The summed E-state index contributed by atoms with van der Waals surface area (Å²) in [5, 5.41) is 2.69. The van der Waals surface area contributed by atoms with Gasteiger partial charge in [-0.3, -0.25) is 9.59 Å². The van der Waals surface area contributed by atoms with Crippen LogP contribution in [0.4, 0.5) is 0 Å². The molecule has 0 aliphatic carbocycles. The number of aromatic nitrogens is 4. The fourth-order valence-electron chi connectivity index (χ4n) is 4.43. The largest absolute Gasteiger partial charge is 0.345 e. The van der Waals surface area contributed by atoms with Gasteiger partial charge in [0.05, 0.1) is 23.6 Å². The monoisotopic (exact) mass is 378 g/mol. The molecule has 4 heterocycles. The first kappa shape index (κ1) is 17.0. The third-order valence-electron chi connectivity index (χ3n) is 5.69. The van der Waals surface area contributed by atoms with Crippen LogP contribution in [0.25, 0.3) is 22.7 Å². The Morgan fingerprint density at radius 2 is 2.00 bits per heavy atom. The van der Waals surface area contributed by atoms with Gasteiger partial charge in [0.1, 0.15) is 6.04 Å². The van der Waals surface area contributed by atoms with Crippen molar-refractivity contribution >= 4 is 22.8 Å². The Bertz CT molecular complexity index is 1060. The van der Waals surface area contributed by atoms with Gasteiger partial charge >= 0.3 is 0 Å². The van der Waals surface area contributed by atoms with Gasteiger partial charge in [-0.15, -0.1) is 0 Å². The molecule has 2 aliphatic heterocycles. The Labute approximate surface area is 162 Å². The lowest BCUT2D eigenvalue weighted by molar-refractivity contribution is -0.143. The van der Waals surface area contributed by atoms with Crippen LogP contribution in [0.5, 0.6) is 0 Å². The van der Waals surface area contributed by atoms with Crippen molar-refractivity contribution in [1.82, 2.24) is 29.3 Å². The highest BCUT2D eigenvalue weighted by Gasteiger charge is 2.43. The van der Waals surface area contributed by atoms with E-state index in [4.69, 9.17) is 4.98 Å². The van der Waals surface area contributed by atoms with E-state index in [0.717, 1.165) is 22.7 Å². The maximum atomic E-state index is 12.2. The molecular formula is C20H22N6O2. The summed E-state index contributed by atoms with van der Waals surface area (Å²) >= 11 is 0. The average molecular weight is 378 g/mol. The number of hydrogen-bond acceptors (Lipinski definition) is 4. The number of amides is 2. The molecular weight excluding hydrogens is 356 g/mol. The Morgan fingerprint density at radius 1 is 1.18 bits per heavy atom. The van der Waals surface area contributed by atoms with Crippen molar-refractivity contribution < 1.29 is 9.59 Å². The molecule has 0 radical (unpaired) electrons. The van der Waals surface area contributed by atoms with Crippen LogP contribution in [0.1, 0.15) is 32.4 Å². The van der Waals surface area contributed by atoms with Crippen molar-refractivity contribution in [3.05, 3.63) is 36.7 Å². The van der Waals surface area contributed by atoms with Crippen LogP contribution in [0.2, 0.25) is 0 Å². The highest BCUT2D eigenvalue weighted by molar-refractivity contribution is 5.95. The fourth-order valence-corrected chi connectivity index (χ4v) is 4.43. The lowest BCUT2D eigenvalue weighted by Crippen LogP contribution is -2.55. The number of hydrogen-bond donors (Lipinski definition) is 1. The zero-order valence-electron chi connectivity index (χ0n) is 15.9. The zero-order valence-corrected chi connectivity index (χ0v) is 15.9. The zero-order chi connectivity index (χ0) is 19.4. The molecule has 2 saturated heterocycles. The standard InChI is InChI=1S/C20H22N6O2/c1-12(2)26-15-6-4-3-5-14(15)23-19(26)18-21-7-8-24(18)13-9-16-20(28)22-10-17(27)25(16)11-13/h3-8,12-13,16H,9-11H2,1-2H3,(H,22,28)/t13-,16-/m0/s1. The third-order valence-corrected chi connectivity index (χ3v) is 5.69. The first-order chi connectivity index (χ1) is 13.5. The molecule has 5 rings (SSSR count). The van der Waals surface area contributed by atoms with Crippen molar-refractivity contribution in [1.29, 1.82) is 0 Å². The molecule has 0 saturated carbocycles. The van der Waals surface area contributed by atoms with Gasteiger partial charge in [-0.05, 0) is 32.4 Å². The van der Waals surface area contributed by atoms with Gasteiger partial charge < -0.3 is 19.4 Å². The lowest BCUT2D eigenvalue weighted by Gasteiger charge is -2.28. The number of piperazine rings is 1. The quantitative estimate of drug-likeness (QED) is 0.752. The molecule has 8 heteroatoms. The Balaban J connectivity index is 1.58. The highest BCUT2D eigenvalue weighted by atomic mass is 16.2. The molecule has 1 aromatic carbocycles. The molecule has 8 nitrogen and oxygen atoms in total. The van der Waals surface area contributed by atoms with Crippen molar-refractivity contribution in [3.8, 4) is 11.6 Å². The molecule has 144 valence electrons. The Hall–Kier alpha value is -3.16. The van der Waals surface area contributed by atoms with Gasteiger partial charge in [-0.2, -0.15) is 0 Å². The van der Waals surface area contributed by atoms with Crippen molar-refractivity contribution in [3.63, 3.8) is 0 Å². The van der Waals surface area contributed by atoms with E-state index in [0.29, 0.717) is 13.0 Å². The van der Waals surface area contributed by atoms with E-state index in [-0.39, 0.29) is 30.4 Å². The normalized spacial score (nSPS) is 22.2. The number of nitrogens with one attached hydrogen (secondary N) is 1. The summed E-state index contributed by atoms with van der Waals surface area (Å²) < 4.78 is 4.26. The van der Waals surface area contributed by atoms with Crippen molar-refractivity contribution in [2.24, 2.45) is 0 Å².